The van der Waals surface area contributed by atoms with E-state index >= 15 is 0 Å². The molecule has 26 heavy (non-hydrogen) atoms. The first-order valence-electron chi connectivity index (χ1n) is 8.84. The lowest BCUT2D eigenvalue weighted by Crippen LogP contribution is -2.45. The zero-order valence-electron chi connectivity index (χ0n) is 16.0. The van der Waals surface area contributed by atoms with Gasteiger partial charge in [-0.05, 0) is 32.1 Å². The van der Waals surface area contributed by atoms with Crippen LogP contribution < -0.4 is 5.11 Å². The van der Waals surface area contributed by atoms with Crippen molar-refractivity contribution in [3.8, 4) is 0 Å². The van der Waals surface area contributed by atoms with Crippen molar-refractivity contribution in [2.24, 2.45) is 0 Å². The number of carboxylic acid groups (broad SMARTS) is 2. The number of rotatable bonds is 14. The van der Waals surface area contributed by atoms with Crippen LogP contribution in [0.15, 0.2) is 24.3 Å². The highest BCUT2D eigenvalue weighted by atomic mass is 16.5. The molecule has 0 aromatic heterocycles. The summed E-state index contributed by atoms with van der Waals surface area (Å²) in [6, 6.07) is 0. The van der Waals surface area contributed by atoms with Gasteiger partial charge in [0.15, 0.2) is 6.10 Å². The van der Waals surface area contributed by atoms with Gasteiger partial charge in [-0.2, -0.15) is 0 Å². The Kier molecular flexibility index (Phi) is 12.0. The Labute approximate surface area is 155 Å². The number of nitrogens with zero attached hydrogens (tertiary/aromatic N) is 1. The highest BCUT2D eigenvalue weighted by Gasteiger charge is 2.21. The number of ether oxygens (including phenoxy) is 1. The fourth-order valence-corrected chi connectivity index (χ4v) is 2.29. The molecule has 0 amide bonds. The lowest BCUT2D eigenvalue weighted by atomic mass is 10.1. The summed E-state index contributed by atoms with van der Waals surface area (Å²) in [5, 5.41) is 19.3. The zero-order chi connectivity index (χ0) is 20.0. The molecule has 0 aromatic carbocycles. The second kappa shape index (κ2) is 13.1. The summed E-state index contributed by atoms with van der Waals surface area (Å²) in [5.41, 5.74) is 0. The number of esters is 1. The van der Waals surface area contributed by atoms with Crippen molar-refractivity contribution >= 4 is 17.9 Å². The van der Waals surface area contributed by atoms with Crippen molar-refractivity contribution in [2.75, 3.05) is 27.7 Å². The molecule has 1 atom stereocenters. The van der Waals surface area contributed by atoms with Gasteiger partial charge in [0, 0.05) is 24.9 Å². The van der Waals surface area contributed by atoms with Gasteiger partial charge in [0.2, 0.25) is 0 Å². The lowest BCUT2D eigenvalue weighted by Gasteiger charge is -2.29. The molecule has 0 radical (unpaired) electrons. The maximum absolute atomic E-state index is 11.8. The van der Waals surface area contributed by atoms with Crippen LogP contribution in [0.5, 0.6) is 0 Å². The number of aliphatic carboxylic acids is 2. The van der Waals surface area contributed by atoms with Crippen molar-refractivity contribution in [1.82, 2.24) is 0 Å². The summed E-state index contributed by atoms with van der Waals surface area (Å²) < 4.78 is 5.68. The Morgan fingerprint density at radius 2 is 1.65 bits per heavy atom. The van der Waals surface area contributed by atoms with E-state index < -0.39 is 24.0 Å². The van der Waals surface area contributed by atoms with Gasteiger partial charge in [-0.15, -0.1) is 0 Å². The number of allylic oxidation sites excluding steroid dienone is 3. The van der Waals surface area contributed by atoms with E-state index in [0.717, 1.165) is 19.3 Å². The Bertz CT molecular complexity index is 505. The van der Waals surface area contributed by atoms with Gasteiger partial charge in [-0.3, -0.25) is 4.79 Å². The molecule has 0 saturated carbocycles. The zero-order valence-corrected chi connectivity index (χ0v) is 16.0. The third-order valence-corrected chi connectivity index (χ3v) is 3.36. The van der Waals surface area contributed by atoms with Crippen molar-refractivity contribution < 1.29 is 33.8 Å². The maximum Gasteiger partial charge on any atom is 0.330 e. The molecular formula is C19H31NO6. The predicted octanol–water partition coefficient (Wildman–Crippen LogP) is 1.28. The highest BCUT2D eigenvalue weighted by molar-refractivity contribution is 5.82. The molecule has 1 unspecified atom stereocenters. The molecule has 0 fully saturated rings. The first-order valence-corrected chi connectivity index (χ1v) is 8.84. The van der Waals surface area contributed by atoms with Gasteiger partial charge in [-0.1, -0.05) is 18.2 Å². The number of carboxylic acids is 2. The standard InChI is InChI=1S/C19H31NO6/c1-20(2,3)15-16(14-18(23)24)26-19(25)13-11-9-7-5-4-6-8-10-12-17(21)22/h4-5,11,13,16H,6-10,12,14-15H2,1-3H3,(H-,21,22,23,24)/b5-4+,13-11+. The summed E-state index contributed by atoms with van der Waals surface area (Å²) in [4.78, 5) is 32.9. The third-order valence-electron chi connectivity index (χ3n) is 3.36. The van der Waals surface area contributed by atoms with Crippen LogP contribution in [0.25, 0.3) is 0 Å². The lowest BCUT2D eigenvalue weighted by molar-refractivity contribution is -0.873. The van der Waals surface area contributed by atoms with E-state index in [9.17, 15) is 19.5 Å². The number of hydrogen-bond donors (Lipinski definition) is 1. The Hall–Kier alpha value is -2.15. The number of carbonyl (C=O) groups is 3. The fourth-order valence-electron chi connectivity index (χ4n) is 2.29. The molecular weight excluding hydrogens is 338 g/mol. The number of carbonyl (C=O) groups excluding carboxylic acids is 2. The molecule has 7 heteroatoms. The van der Waals surface area contributed by atoms with Crippen LogP contribution >= 0.6 is 0 Å². The third kappa shape index (κ3) is 16.7. The summed E-state index contributed by atoms with van der Waals surface area (Å²) in [6.07, 6.45) is 9.96. The minimum atomic E-state index is -1.24. The molecule has 0 saturated heterocycles. The van der Waals surface area contributed by atoms with Crippen LogP contribution in [-0.4, -0.2) is 61.3 Å². The van der Waals surface area contributed by atoms with Crippen molar-refractivity contribution in [1.29, 1.82) is 0 Å². The average molecular weight is 369 g/mol. The van der Waals surface area contributed by atoms with Gasteiger partial charge in [0.25, 0.3) is 0 Å². The van der Waals surface area contributed by atoms with Crippen LogP contribution in [0.3, 0.4) is 0 Å². The SMILES string of the molecule is C[N+](C)(C)CC(CC(=O)[O-])OC(=O)/C=C/CC/C=C/CCCCC(=O)O. The first-order chi connectivity index (χ1) is 12.1. The van der Waals surface area contributed by atoms with Crippen LogP contribution in [0.1, 0.15) is 44.9 Å². The number of unbranched alkanes of at least 4 members (excludes halogenated alkanes) is 3. The Balaban J connectivity index is 4.05. The molecule has 0 aliphatic heterocycles. The molecule has 0 heterocycles. The molecule has 0 bridgehead atoms. The van der Waals surface area contributed by atoms with E-state index in [2.05, 4.69) is 0 Å². The summed E-state index contributed by atoms with van der Waals surface area (Å²) in [5.74, 6) is -2.56. The number of quaternary nitrogens is 1. The smallest absolute Gasteiger partial charge is 0.330 e. The van der Waals surface area contributed by atoms with E-state index in [1.54, 1.807) is 6.08 Å². The maximum atomic E-state index is 11.8. The molecule has 0 spiro atoms. The van der Waals surface area contributed by atoms with E-state index in [4.69, 9.17) is 9.84 Å². The van der Waals surface area contributed by atoms with Crippen molar-refractivity contribution in [2.45, 2.75) is 51.0 Å². The number of likely N-dealkylation sites (N-methyl/N-ethyl adjacent to an activating group) is 1. The van der Waals surface area contributed by atoms with Crippen LogP contribution in [0.2, 0.25) is 0 Å². The van der Waals surface area contributed by atoms with Crippen LogP contribution in [0, 0.1) is 0 Å². The molecule has 1 N–H and O–H groups in total. The largest absolute Gasteiger partial charge is 0.550 e. The first kappa shape index (κ1) is 23.9. The summed E-state index contributed by atoms with van der Waals surface area (Å²) in [6.45, 7) is 0.387. The molecule has 148 valence electrons. The fraction of sp³-hybridized carbons (Fsp3) is 0.632. The Morgan fingerprint density at radius 3 is 2.23 bits per heavy atom. The second-order valence-corrected chi connectivity index (χ2v) is 7.20. The van der Waals surface area contributed by atoms with E-state index in [1.165, 1.54) is 6.08 Å². The van der Waals surface area contributed by atoms with E-state index in [-0.39, 0.29) is 12.8 Å². The van der Waals surface area contributed by atoms with Gasteiger partial charge in [0.05, 0.1) is 21.1 Å². The summed E-state index contributed by atoms with van der Waals surface area (Å²) >= 11 is 0. The van der Waals surface area contributed by atoms with Crippen LogP contribution in [0.4, 0.5) is 0 Å². The average Bonchev–Trinajstić information content (AvgIpc) is 2.46. The molecule has 0 aromatic rings. The minimum Gasteiger partial charge on any atom is -0.550 e. The van der Waals surface area contributed by atoms with Gasteiger partial charge < -0.3 is 24.2 Å². The van der Waals surface area contributed by atoms with Crippen LogP contribution in [-0.2, 0) is 19.1 Å². The highest BCUT2D eigenvalue weighted by Crippen LogP contribution is 2.06. The Morgan fingerprint density at radius 1 is 1.04 bits per heavy atom. The molecule has 0 rings (SSSR count). The predicted molar refractivity (Wildman–Crippen MR) is 96.0 cm³/mol. The molecule has 0 aliphatic carbocycles. The summed E-state index contributed by atoms with van der Waals surface area (Å²) in [7, 11) is 5.67. The minimum absolute atomic E-state index is 0.200. The van der Waals surface area contributed by atoms with Crippen molar-refractivity contribution in [3.05, 3.63) is 24.3 Å². The van der Waals surface area contributed by atoms with Crippen molar-refractivity contribution in [3.63, 3.8) is 0 Å². The normalized spacial score (nSPS) is 13.2. The molecule has 7 nitrogen and oxygen atoms in total. The second-order valence-electron chi connectivity index (χ2n) is 7.20. The van der Waals surface area contributed by atoms with Gasteiger partial charge in [0.1, 0.15) is 6.54 Å². The van der Waals surface area contributed by atoms with Gasteiger partial charge in [-0.25, -0.2) is 4.79 Å². The van der Waals surface area contributed by atoms with Gasteiger partial charge >= 0.3 is 11.9 Å². The molecule has 0 aliphatic rings. The monoisotopic (exact) mass is 369 g/mol. The van der Waals surface area contributed by atoms with E-state index in [0.29, 0.717) is 23.9 Å². The number of hydrogen-bond acceptors (Lipinski definition) is 5. The topological polar surface area (TPSA) is 104 Å². The van der Waals surface area contributed by atoms with E-state index in [1.807, 2.05) is 33.3 Å². The quantitative estimate of drug-likeness (QED) is 0.163.